The van der Waals surface area contributed by atoms with Gasteiger partial charge in [0.05, 0.1) is 5.92 Å². The van der Waals surface area contributed by atoms with Crippen molar-refractivity contribution in [1.29, 1.82) is 0 Å². The summed E-state index contributed by atoms with van der Waals surface area (Å²) in [6.07, 6.45) is 1.01. The van der Waals surface area contributed by atoms with Crippen molar-refractivity contribution < 1.29 is 28.6 Å². The van der Waals surface area contributed by atoms with Crippen LogP contribution >= 0.6 is 0 Å². The van der Waals surface area contributed by atoms with E-state index in [1.54, 1.807) is 0 Å². The average Bonchev–Trinajstić information content (AvgIpc) is 2.44. The van der Waals surface area contributed by atoms with Crippen LogP contribution in [0, 0.1) is 5.92 Å². The van der Waals surface area contributed by atoms with Crippen molar-refractivity contribution in [3.8, 4) is 0 Å². The first-order valence-corrected chi connectivity index (χ1v) is 6.22. The smallest absolute Gasteiger partial charge is 0.333 e. The first-order valence-electron chi connectivity index (χ1n) is 6.22. The fraction of sp³-hybridized carbons (Fsp3) is 0.400. The molecule has 0 aromatic rings. The molecule has 0 N–H and O–H groups in total. The van der Waals surface area contributed by atoms with Crippen molar-refractivity contribution in [3.05, 3.63) is 37.0 Å². The third kappa shape index (κ3) is 8.41. The SMILES string of the molecule is C=CC(=O)OCC(COC(=O)C(=C)C)COC(=O)C(=C)C. The largest absolute Gasteiger partial charge is 0.462 e. The van der Waals surface area contributed by atoms with Crippen molar-refractivity contribution in [2.45, 2.75) is 13.8 Å². The molecule has 0 bridgehead atoms. The maximum atomic E-state index is 11.3. The summed E-state index contributed by atoms with van der Waals surface area (Å²) in [5.74, 6) is -2.24. The number of rotatable bonds is 9. The third-order valence-corrected chi connectivity index (χ3v) is 2.23. The summed E-state index contributed by atoms with van der Waals surface area (Å²) in [6.45, 7) is 13.0. The molecule has 0 heterocycles. The van der Waals surface area contributed by atoms with Gasteiger partial charge in [0.1, 0.15) is 19.8 Å². The molecule has 0 aliphatic rings. The second-order valence-corrected chi connectivity index (χ2v) is 4.46. The standard InChI is InChI=1S/C15H20O6/c1-6-13(16)19-7-12(8-20-14(17)10(2)3)9-21-15(18)11(4)5/h6,12H,1-2,4,7-9H2,3,5H3. The summed E-state index contributed by atoms with van der Waals surface area (Å²) in [5, 5.41) is 0. The van der Waals surface area contributed by atoms with E-state index in [0.717, 1.165) is 6.08 Å². The van der Waals surface area contributed by atoms with Crippen LogP contribution in [-0.2, 0) is 28.6 Å². The highest BCUT2D eigenvalue weighted by Gasteiger charge is 2.17. The predicted molar refractivity (Wildman–Crippen MR) is 76.2 cm³/mol. The van der Waals surface area contributed by atoms with Gasteiger partial charge in [-0.2, -0.15) is 0 Å². The molecule has 0 aromatic heterocycles. The van der Waals surface area contributed by atoms with Crippen molar-refractivity contribution in [2.75, 3.05) is 19.8 Å². The van der Waals surface area contributed by atoms with Gasteiger partial charge in [-0.25, -0.2) is 14.4 Å². The van der Waals surface area contributed by atoms with Gasteiger partial charge in [0.2, 0.25) is 0 Å². The topological polar surface area (TPSA) is 78.9 Å². The molecule has 0 spiro atoms. The van der Waals surface area contributed by atoms with Gasteiger partial charge in [-0.1, -0.05) is 19.7 Å². The summed E-state index contributed by atoms with van der Waals surface area (Å²) in [4.78, 5) is 33.7. The number of hydrogen-bond acceptors (Lipinski definition) is 6. The maximum absolute atomic E-state index is 11.3. The fourth-order valence-electron chi connectivity index (χ4n) is 1.04. The Kier molecular flexibility index (Phi) is 8.45. The van der Waals surface area contributed by atoms with E-state index in [2.05, 4.69) is 19.7 Å². The van der Waals surface area contributed by atoms with Gasteiger partial charge in [-0.15, -0.1) is 0 Å². The van der Waals surface area contributed by atoms with Gasteiger partial charge < -0.3 is 14.2 Å². The molecule has 0 rings (SSSR count). The number of hydrogen-bond donors (Lipinski definition) is 0. The van der Waals surface area contributed by atoms with Gasteiger partial charge >= 0.3 is 17.9 Å². The molecule has 0 unspecified atom stereocenters. The zero-order valence-electron chi connectivity index (χ0n) is 12.3. The number of carbonyl (C=O) groups is 3. The molecule has 6 nitrogen and oxygen atoms in total. The van der Waals surface area contributed by atoms with E-state index in [4.69, 9.17) is 14.2 Å². The average molecular weight is 296 g/mol. The lowest BCUT2D eigenvalue weighted by Crippen LogP contribution is -2.26. The first kappa shape index (κ1) is 18.6. The van der Waals surface area contributed by atoms with Crippen LogP contribution in [0.5, 0.6) is 0 Å². The van der Waals surface area contributed by atoms with E-state index < -0.39 is 23.8 Å². The Hall–Kier alpha value is -2.37. The van der Waals surface area contributed by atoms with Gasteiger partial charge in [0.15, 0.2) is 0 Å². The molecule has 0 aliphatic carbocycles. The Morgan fingerprint density at radius 2 is 1.29 bits per heavy atom. The van der Waals surface area contributed by atoms with Crippen LogP contribution in [0.2, 0.25) is 0 Å². The lowest BCUT2D eigenvalue weighted by Gasteiger charge is -2.17. The zero-order chi connectivity index (χ0) is 16.4. The highest BCUT2D eigenvalue weighted by Crippen LogP contribution is 2.05. The van der Waals surface area contributed by atoms with Crippen LogP contribution in [0.1, 0.15) is 13.8 Å². The Bertz CT molecular complexity index is 419. The van der Waals surface area contributed by atoms with Crippen molar-refractivity contribution in [3.63, 3.8) is 0 Å². The van der Waals surface area contributed by atoms with Crippen molar-refractivity contribution in [1.82, 2.24) is 0 Å². The van der Waals surface area contributed by atoms with Crippen LogP contribution in [0.3, 0.4) is 0 Å². The normalized spacial score (nSPS) is 9.67. The minimum atomic E-state index is -0.613. The second kappa shape index (κ2) is 9.52. The molecule has 0 saturated heterocycles. The lowest BCUT2D eigenvalue weighted by molar-refractivity contribution is -0.148. The molecule has 116 valence electrons. The van der Waals surface area contributed by atoms with Crippen molar-refractivity contribution in [2.24, 2.45) is 5.92 Å². The lowest BCUT2D eigenvalue weighted by atomic mass is 10.2. The van der Waals surface area contributed by atoms with Crippen LogP contribution in [-0.4, -0.2) is 37.7 Å². The number of carbonyl (C=O) groups excluding carboxylic acids is 3. The Balaban J connectivity index is 4.45. The van der Waals surface area contributed by atoms with E-state index in [1.807, 2.05) is 0 Å². The highest BCUT2D eigenvalue weighted by molar-refractivity contribution is 5.87. The minimum Gasteiger partial charge on any atom is -0.462 e. The Labute approximate surface area is 124 Å². The highest BCUT2D eigenvalue weighted by atomic mass is 16.6. The van der Waals surface area contributed by atoms with E-state index in [0.29, 0.717) is 0 Å². The maximum Gasteiger partial charge on any atom is 0.333 e. The van der Waals surface area contributed by atoms with Gasteiger partial charge in [0.25, 0.3) is 0 Å². The third-order valence-electron chi connectivity index (χ3n) is 2.23. The fourth-order valence-corrected chi connectivity index (χ4v) is 1.04. The quantitative estimate of drug-likeness (QED) is 0.365. The van der Waals surface area contributed by atoms with E-state index in [9.17, 15) is 14.4 Å². The number of esters is 3. The summed E-state index contributed by atoms with van der Waals surface area (Å²) in [7, 11) is 0. The minimum absolute atomic E-state index is 0.0699. The predicted octanol–water partition coefficient (Wildman–Crippen LogP) is 1.57. The first-order chi connectivity index (χ1) is 9.77. The van der Waals surface area contributed by atoms with E-state index in [1.165, 1.54) is 13.8 Å². The molecule has 0 fully saturated rings. The molecule has 0 atom stereocenters. The summed E-state index contributed by atoms with van der Waals surface area (Å²) in [5.41, 5.74) is 0.492. The molecule has 21 heavy (non-hydrogen) atoms. The molecular formula is C15H20O6. The molecule has 0 aliphatic heterocycles. The van der Waals surface area contributed by atoms with Crippen LogP contribution in [0.15, 0.2) is 37.0 Å². The van der Waals surface area contributed by atoms with Gasteiger partial charge in [-0.05, 0) is 13.8 Å². The zero-order valence-corrected chi connectivity index (χ0v) is 12.3. The van der Waals surface area contributed by atoms with Crippen LogP contribution in [0.25, 0.3) is 0 Å². The van der Waals surface area contributed by atoms with E-state index in [-0.39, 0.29) is 31.0 Å². The molecular weight excluding hydrogens is 276 g/mol. The summed E-state index contributed by atoms with van der Waals surface area (Å²) in [6, 6.07) is 0. The molecule has 0 saturated carbocycles. The van der Waals surface area contributed by atoms with Crippen molar-refractivity contribution >= 4 is 17.9 Å². The molecule has 6 heteroatoms. The van der Waals surface area contributed by atoms with E-state index >= 15 is 0 Å². The van der Waals surface area contributed by atoms with Crippen LogP contribution < -0.4 is 0 Å². The monoisotopic (exact) mass is 296 g/mol. The van der Waals surface area contributed by atoms with Gasteiger partial charge in [0, 0.05) is 17.2 Å². The Morgan fingerprint density at radius 1 is 0.905 bits per heavy atom. The number of ether oxygens (including phenoxy) is 3. The second-order valence-electron chi connectivity index (χ2n) is 4.46. The molecule has 0 radical (unpaired) electrons. The molecule has 0 amide bonds. The summed E-state index contributed by atoms with van der Waals surface area (Å²) >= 11 is 0. The van der Waals surface area contributed by atoms with Gasteiger partial charge in [-0.3, -0.25) is 0 Å². The Morgan fingerprint density at radius 3 is 1.62 bits per heavy atom. The summed E-state index contributed by atoms with van der Waals surface area (Å²) < 4.78 is 14.8. The molecule has 0 aromatic carbocycles. The van der Waals surface area contributed by atoms with Crippen LogP contribution in [0.4, 0.5) is 0 Å².